The second kappa shape index (κ2) is 7.33. The van der Waals surface area contributed by atoms with Crippen LogP contribution in [0.1, 0.15) is 10.4 Å². The van der Waals surface area contributed by atoms with Gasteiger partial charge in [-0.05, 0) is 46.2 Å². The topological polar surface area (TPSA) is 72.9 Å². The maximum Gasteiger partial charge on any atom is 0.251 e. The Balaban J connectivity index is 1.63. The summed E-state index contributed by atoms with van der Waals surface area (Å²) in [6.45, 7) is 1.16. The number of nitrogens with zero attached hydrogens (tertiary/aromatic N) is 2. The summed E-state index contributed by atoms with van der Waals surface area (Å²) in [5.41, 5.74) is 9.37. The summed E-state index contributed by atoms with van der Waals surface area (Å²) in [6, 6.07) is 21.5. The quantitative estimate of drug-likeness (QED) is 0.535. The molecule has 0 aliphatic carbocycles. The van der Waals surface area contributed by atoms with Crippen molar-refractivity contribution in [1.82, 2.24) is 15.1 Å². The Morgan fingerprint density at radius 3 is 2.52 bits per heavy atom. The van der Waals surface area contributed by atoms with Gasteiger partial charge in [0, 0.05) is 30.2 Å². The maximum atomic E-state index is 12.7. The number of aromatic nitrogens is 2. The first-order valence-corrected chi connectivity index (χ1v) is 8.86. The molecule has 0 atom stereocenters. The van der Waals surface area contributed by atoms with Crippen LogP contribution in [0.5, 0.6) is 0 Å². The number of nitrogen functional groups attached to an aromatic ring is 1. The van der Waals surface area contributed by atoms with Gasteiger partial charge in [0.15, 0.2) is 0 Å². The molecule has 0 unspecified atom stereocenters. The van der Waals surface area contributed by atoms with E-state index in [1.54, 1.807) is 10.9 Å². The van der Waals surface area contributed by atoms with Crippen LogP contribution in [0.4, 0.5) is 5.69 Å². The van der Waals surface area contributed by atoms with E-state index < -0.39 is 0 Å². The molecule has 0 aliphatic heterocycles. The number of carbonyl (C=O) groups is 1. The minimum Gasteiger partial charge on any atom is -0.399 e. The average molecular weight is 356 g/mol. The highest BCUT2D eigenvalue weighted by molar-refractivity contribution is 6.10. The molecule has 3 aromatic carbocycles. The predicted molar refractivity (Wildman–Crippen MR) is 108 cm³/mol. The van der Waals surface area contributed by atoms with Crippen LogP contribution in [0.25, 0.3) is 21.9 Å². The van der Waals surface area contributed by atoms with Gasteiger partial charge in [0.1, 0.15) is 0 Å². The number of nitrogens with two attached hydrogens (primary N) is 1. The molecule has 5 heteroatoms. The largest absolute Gasteiger partial charge is 0.399 e. The fourth-order valence-corrected chi connectivity index (χ4v) is 3.23. The molecular weight excluding hydrogens is 336 g/mol. The molecule has 0 saturated carbocycles. The molecule has 4 aromatic rings. The SMILES string of the molecule is Nc1ccc(-c2cccc3c(C(=O)NCCn4cccn4)cccc23)cc1. The molecule has 4 rings (SSSR count). The number of carbonyl (C=O) groups excluding carboxylic acids is 1. The Hall–Kier alpha value is -3.60. The van der Waals surface area contributed by atoms with Gasteiger partial charge in [-0.1, -0.05) is 42.5 Å². The summed E-state index contributed by atoms with van der Waals surface area (Å²) in [6.07, 6.45) is 3.61. The van der Waals surface area contributed by atoms with Crippen molar-refractivity contribution in [3.63, 3.8) is 0 Å². The van der Waals surface area contributed by atoms with Crippen LogP contribution in [0.3, 0.4) is 0 Å². The van der Waals surface area contributed by atoms with Gasteiger partial charge in [0.2, 0.25) is 0 Å². The van der Waals surface area contributed by atoms with E-state index in [0.29, 0.717) is 18.7 Å². The molecule has 27 heavy (non-hydrogen) atoms. The molecule has 1 heterocycles. The number of anilines is 1. The van der Waals surface area contributed by atoms with Gasteiger partial charge in [-0.3, -0.25) is 9.48 Å². The van der Waals surface area contributed by atoms with E-state index in [-0.39, 0.29) is 5.91 Å². The van der Waals surface area contributed by atoms with Crippen molar-refractivity contribution in [3.8, 4) is 11.1 Å². The zero-order valence-corrected chi connectivity index (χ0v) is 14.8. The predicted octanol–water partition coefficient (Wildman–Crippen LogP) is 3.72. The third-order valence-electron chi connectivity index (χ3n) is 4.57. The first-order valence-electron chi connectivity index (χ1n) is 8.86. The number of fused-ring (bicyclic) bond motifs is 1. The van der Waals surface area contributed by atoms with Crippen LogP contribution < -0.4 is 11.1 Å². The lowest BCUT2D eigenvalue weighted by Gasteiger charge is -2.11. The van der Waals surface area contributed by atoms with Crippen molar-refractivity contribution in [2.75, 3.05) is 12.3 Å². The Morgan fingerprint density at radius 2 is 1.74 bits per heavy atom. The molecule has 134 valence electrons. The normalized spacial score (nSPS) is 10.8. The Morgan fingerprint density at radius 1 is 0.963 bits per heavy atom. The molecule has 1 amide bonds. The summed E-state index contributed by atoms with van der Waals surface area (Å²) in [4.78, 5) is 12.7. The van der Waals surface area contributed by atoms with Crippen molar-refractivity contribution in [2.24, 2.45) is 0 Å². The van der Waals surface area contributed by atoms with E-state index in [2.05, 4.69) is 16.5 Å². The van der Waals surface area contributed by atoms with Crippen LogP contribution >= 0.6 is 0 Å². The molecule has 3 N–H and O–H groups in total. The zero-order valence-electron chi connectivity index (χ0n) is 14.8. The molecule has 0 aliphatic rings. The Bertz CT molecular complexity index is 1070. The second-order valence-electron chi connectivity index (χ2n) is 6.35. The second-order valence-corrected chi connectivity index (χ2v) is 6.35. The molecule has 0 fully saturated rings. The van der Waals surface area contributed by atoms with E-state index in [1.165, 1.54) is 0 Å². The first-order chi connectivity index (χ1) is 13.2. The van der Waals surface area contributed by atoms with Crippen molar-refractivity contribution in [1.29, 1.82) is 0 Å². The summed E-state index contributed by atoms with van der Waals surface area (Å²) >= 11 is 0. The van der Waals surface area contributed by atoms with Crippen molar-refractivity contribution < 1.29 is 4.79 Å². The van der Waals surface area contributed by atoms with E-state index in [9.17, 15) is 4.79 Å². The highest BCUT2D eigenvalue weighted by atomic mass is 16.1. The van der Waals surface area contributed by atoms with Gasteiger partial charge in [-0.25, -0.2) is 0 Å². The van der Waals surface area contributed by atoms with Crippen LogP contribution in [0, 0.1) is 0 Å². The third kappa shape index (κ3) is 3.53. The fraction of sp³-hybridized carbons (Fsp3) is 0.0909. The molecule has 0 spiro atoms. The molecule has 0 saturated heterocycles. The summed E-state index contributed by atoms with van der Waals surface area (Å²) in [5.74, 6) is -0.0813. The standard InChI is InChI=1S/C22H20N4O/c23-17-10-8-16(9-11-17)18-4-1-6-20-19(18)5-2-7-21(20)22(27)24-13-15-26-14-3-12-25-26/h1-12,14H,13,15,23H2,(H,24,27). The van der Waals surface area contributed by atoms with Crippen LogP contribution in [0.2, 0.25) is 0 Å². The lowest BCUT2D eigenvalue weighted by atomic mass is 9.95. The van der Waals surface area contributed by atoms with Gasteiger partial charge in [0.05, 0.1) is 6.54 Å². The van der Waals surface area contributed by atoms with Gasteiger partial charge in [-0.2, -0.15) is 5.10 Å². The number of hydrogen-bond acceptors (Lipinski definition) is 3. The summed E-state index contributed by atoms with van der Waals surface area (Å²) < 4.78 is 1.79. The van der Waals surface area contributed by atoms with Crippen molar-refractivity contribution >= 4 is 22.4 Å². The average Bonchev–Trinajstić information content (AvgIpc) is 3.21. The third-order valence-corrected chi connectivity index (χ3v) is 4.57. The first kappa shape index (κ1) is 16.8. The molecule has 5 nitrogen and oxygen atoms in total. The van der Waals surface area contributed by atoms with E-state index in [1.807, 2.05) is 66.9 Å². The lowest BCUT2D eigenvalue weighted by molar-refractivity contribution is 0.0953. The smallest absolute Gasteiger partial charge is 0.251 e. The van der Waals surface area contributed by atoms with Gasteiger partial charge in [-0.15, -0.1) is 0 Å². The minimum atomic E-state index is -0.0813. The summed E-state index contributed by atoms with van der Waals surface area (Å²) in [7, 11) is 0. The lowest BCUT2D eigenvalue weighted by Crippen LogP contribution is -2.27. The minimum absolute atomic E-state index is 0.0813. The number of nitrogens with one attached hydrogen (secondary N) is 1. The summed E-state index contributed by atoms with van der Waals surface area (Å²) in [5, 5.41) is 9.10. The van der Waals surface area contributed by atoms with Gasteiger partial charge in [0.25, 0.3) is 5.91 Å². The highest BCUT2D eigenvalue weighted by Gasteiger charge is 2.12. The van der Waals surface area contributed by atoms with Crippen molar-refractivity contribution in [3.05, 3.63) is 84.7 Å². The Labute approximate surface area is 157 Å². The van der Waals surface area contributed by atoms with E-state index >= 15 is 0 Å². The maximum absolute atomic E-state index is 12.7. The van der Waals surface area contributed by atoms with Gasteiger partial charge < -0.3 is 11.1 Å². The number of benzene rings is 3. The Kier molecular flexibility index (Phi) is 4.58. The van der Waals surface area contributed by atoms with Crippen molar-refractivity contribution in [2.45, 2.75) is 6.54 Å². The monoisotopic (exact) mass is 356 g/mol. The van der Waals surface area contributed by atoms with Crippen LogP contribution in [0.15, 0.2) is 79.1 Å². The number of rotatable bonds is 5. The zero-order chi connectivity index (χ0) is 18.6. The van der Waals surface area contributed by atoms with E-state index in [0.717, 1.165) is 27.6 Å². The number of hydrogen-bond donors (Lipinski definition) is 2. The number of amides is 1. The van der Waals surface area contributed by atoms with E-state index in [4.69, 9.17) is 5.73 Å². The molecule has 0 radical (unpaired) electrons. The molecule has 0 bridgehead atoms. The fourth-order valence-electron chi connectivity index (χ4n) is 3.23. The van der Waals surface area contributed by atoms with Gasteiger partial charge >= 0.3 is 0 Å². The molecule has 1 aromatic heterocycles. The van der Waals surface area contributed by atoms with Crippen LogP contribution in [-0.2, 0) is 6.54 Å². The molecular formula is C22H20N4O. The highest BCUT2D eigenvalue weighted by Crippen LogP contribution is 2.30. The van der Waals surface area contributed by atoms with Crippen LogP contribution in [-0.4, -0.2) is 22.2 Å².